The summed E-state index contributed by atoms with van der Waals surface area (Å²) in [5, 5.41) is 9.46. The molecule has 1 aromatic rings. The lowest BCUT2D eigenvalue weighted by atomic mass is 10.2. The molecule has 0 fully saturated rings. The van der Waals surface area contributed by atoms with Gasteiger partial charge in [0.25, 0.3) is 0 Å². The third kappa shape index (κ3) is 3.64. The Hall–Kier alpha value is -1.98. The van der Waals surface area contributed by atoms with Crippen LogP contribution < -0.4 is 11.1 Å². The van der Waals surface area contributed by atoms with Gasteiger partial charge in [0.15, 0.2) is 0 Å². The summed E-state index contributed by atoms with van der Waals surface area (Å²) in [6.07, 6.45) is -1.82. The van der Waals surface area contributed by atoms with Crippen LogP contribution in [0.3, 0.4) is 0 Å². The molecule has 0 saturated carbocycles. The fraction of sp³-hybridized carbons (Fsp3) is 0.100. The van der Waals surface area contributed by atoms with E-state index in [1.54, 1.807) is 0 Å². The van der Waals surface area contributed by atoms with Crippen LogP contribution >= 0.6 is 0 Å². The first-order chi connectivity index (χ1) is 7.39. The van der Waals surface area contributed by atoms with Crippen molar-refractivity contribution in [2.75, 3.05) is 5.32 Å². The van der Waals surface area contributed by atoms with E-state index in [1.165, 1.54) is 24.4 Å². The number of hydrogen-bond donors (Lipinski definition) is 3. The highest BCUT2D eigenvalue weighted by atomic mass is 19.4. The molecule has 0 bridgehead atoms. The van der Waals surface area contributed by atoms with Crippen LogP contribution in [0.1, 0.15) is 5.56 Å². The van der Waals surface area contributed by atoms with Crippen molar-refractivity contribution < 1.29 is 13.2 Å². The smallest absolute Gasteiger partial charge is 0.384 e. The number of anilines is 1. The van der Waals surface area contributed by atoms with E-state index in [9.17, 15) is 13.2 Å². The predicted octanol–water partition coefficient (Wildman–Crippen LogP) is 2.57. The lowest BCUT2D eigenvalue weighted by Crippen LogP contribution is -2.06. The second kappa shape index (κ2) is 4.69. The van der Waals surface area contributed by atoms with Gasteiger partial charge in [0, 0.05) is 11.9 Å². The number of halogens is 3. The van der Waals surface area contributed by atoms with Crippen molar-refractivity contribution in [2.45, 2.75) is 6.18 Å². The fourth-order valence-corrected chi connectivity index (χ4v) is 1.01. The first-order valence-corrected chi connectivity index (χ1v) is 4.34. The van der Waals surface area contributed by atoms with Crippen molar-refractivity contribution in [3.8, 4) is 0 Å². The van der Waals surface area contributed by atoms with Gasteiger partial charge in [0.1, 0.15) is 5.84 Å². The molecule has 16 heavy (non-hydrogen) atoms. The van der Waals surface area contributed by atoms with Crippen molar-refractivity contribution in [3.63, 3.8) is 0 Å². The third-order valence-corrected chi connectivity index (χ3v) is 1.70. The predicted molar refractivity (Wildman–Crippen MR) is 56.1 cm³/mol. The number of amidine groups is 1. The largest absolute Gasteiger partial charge is 0.416 e. The fourth-order valence-electron chi connectivity index (χ4n) is 1.01. The van der Waals surface area contributed by atoms with E-state index in [0.717, 1.165) is 12.1 Å². The zero-order valence-corrected chi connectivity index (χ0v) is 8.18. The first kappa shape index (κ1) is 12.1. The molecule has 3 nitrogen and oxygen atoms in total. The van der Waals surface area contributed by atoms with Crippen LogP contribution in [0.4, 0.5) is 18.9 Å². The minimum absolute atomic E-state index is 0.181. The number of nitrogens with one attached hydrogen (secondary N) is 2. The Morgan fingerprint density at radius 1 is 1.38 bits per heavy atom. The summed E-state index contributed by atoms with van der Waals surface area (Å²) in [7, 11) is 0. The van der Waals surface area contributed by atoms with E-state index in [4.69, 9.17) is 11.1 Å². The monoisotopic (exact) mass is 229 g/mol. The van der Waals surface area contributed by atoms with Gasteiger partial charge in [0.2, 0.25) is 0 Å². The van der Waals surface area contributed by atoms with Crippen molar-refractivity contribution in [3.05, 3.63) is 42.1 Å². The molecular weight excluding hydrogens is 219 g/mol. The molecule has 86 valence electrons. The van der Waals surface area contributed by atoms with Gasteiger partial charge >= 0.3 is 6.18 Å². The van der Waals surface area contributed by atoms with Crippen LogP contribution in [0.2, 0.25) is 0 Å². The zero-order valence-electron chi connectivity index (χ0n) is 8.18. The maximum Gasteiger partial charge on any atom is 0.416 e. The molecule has 0 unspecified atom stereocenters. The number of hydrogen-bond acceptors (Lipinski definition) is 2. The van der Waals surface area contributed by atoms with Crippen LogP contribution in [-0.2, 0) is 6.18 Å². The van der Waals surface area contributed by atoms with Gasteiger partial charge in [-0.3, -0.25) is 5.41 Å². The van der Waals surface area contributed by atoms with Crippen LogP contribution in [0.5, 0.6) is 0 Å². The highest BCUT2D eigenvalue weighted by molar-refractivity contribution is 5.88. The van der Waals surface area contributed by atoms with Gasteiger partial charge in [0.05, 0.1) is 5.56 Å². The summed E-state index contributed by atoms with van der Waals surface area (Å²) in [6, 6.07) is 4.75. The van der Waals surface area contributed by atoms with E-state index >= 15 is 0 Å². The molecule has 0 spiro atoms. The molecule has 0 aliphatic carbocycles. The molecule has 0 aromatic heterocycles. The molecule has 1 rings (SSSR count). The van der Waals surface area contributed by atoms with E-state index in [0.29, 0.717) is 0 Å². The number of nitrogens with two attached hydrogens (primary N) is 1. The standard InChI is InChI=1S/C10H10F3N3/c11-10(12,13)7-2-1-3-8(6-7)16-5-4-9(14)15/h1-6,16H,(H3,14,15)/b5-4-. The highest BCUT2D eigenvalue weighted by Crippen LogP contribution is 2.30. The maximum atomic E-state index is 12.3. The van der Waals surface area contributed by atoms with Gasteiger partial charge in [-0.05, 0) is 24.3 Å². The van der Waals surface area contributed by atoms with E-state index in [2.05, 4.69) is 5.32 Å². The Labute approximate surface area is 90.3 Å². The first-order valence-electron chi connectivity index (χ1n) is 4.34. The lowest BCUT2D eigenvalue weighted by Gasteiger charge is -2.08. The second-order valence-corrected chi connectivity index (χ2v) is 3.01. The average Bonchev–Trinajstić information content (AvgIpc) is 2.16. The quantitative estimate of drug-likeness (QED) is 0.551. The molecule has 6 heteroatoms. The van der Waals surface area contributed by atoms with Gasteiger partial charge < -0.3 is 11.1 Å². The molecule has 0 aliphatic heterocycles. The molecule has 0 saturated heterocycles. The Morgan fingerprint density at radius 3 is 2.62 bits per heavy atom. The summed E-state index contributed by atoms with van der Waals surface area (Å²) >= 11 is 0. The molecule has 0 heterocycles. The summed E-state index contributed by atoms with van der Waals surface area (Å²) in [5.74, 6) is -0.181. The Morgan fingerprint density at radius 2 is 2.06 bits per heavy atom. The lowest BCUT2D eigenvalue weighted by molar-refractivity contribution is -0.137. The van der Waals surface area contributed by atoms with Crippen LogP contribution in [0.15, 0.2) is 36.5 Å². The molecule has 1 aromatic carbocycles. The van der Waals surface area contributed by atoms with E-state index < -0.39 is 11.7 Å². The normalized spacial score (nSPS) is 11.7. The van der Waals surface area contributed by atoms with Crippen molar-refractivity contribution >= 4 is 11.5 Å². The van der Waals surface area contributed by atoms with Crippen LogP contribution in [0, 0.1) is 5.41 Å². The van der Waals surface area contributed by atoms with Crippen LogP contribution in [-0.4, -0.2) is 5.84 Å². The molecule has 0 radical (unpaired) electrons. The topological polar surface area (TPSA) is 61.9 Å². The van der Waals surface area contributed by atoms with Gasteiger partial charge in [-0.15, -0.1) is 0 Å². The van der Waals surface area contributed by atoms with E-state index in [-0.39, 0.29) is 11.5 Å². The van der Waals surface area contributed by atoms with Gasteiger partial charge in [-0.2, -0.15) is 13.2 Å². The Balaban J connectivity index is 2.79. The average molecular weight is 229 g/mol. The summed E-state index contributed by atoms with van der Waals surface area (Å²) in [5.41, 5.74) is 4.59. The summed E-state index contributed by atoms with van der Waals surface area (Å²) in [6.45, 7) is 0. The SMILES string of the molecule is N=C(N)/C=C\Nc1cccc(C(F)(F)F)c1. The number of rotatable bonds is 3. The molecule has 4 N–H and O–H groups in total. The van der Waals surface area contributed by atoms with E-state index in [1.807, 2.05) is 0 Å². The number of alkyl halides is 3. The zero-order chi connectivity index (χ0) is 12.2. The molecular formula is C10H10F3N3. The minimum atomic E-state index is -4.36. The third-order valence-electron chi connectivity index (χ3n) is 1.70. The van der Waals surface area contributed by atoms with Crippen LogP contribution in [0.25, 0.3) is 0 Å². The number of benzene rings is 1. The highest BCUT2D eigenvalue weighted by Gasteiger charge is 2.30. The molecule has 0 atom stereocenters. The Kier molecular flexibility index (Phi) is 3.55. The minimum Gasteiger partial charge on any atom is -0.384 e. The maximum absolute atomic E-state index is 12.3. The van der Waals surface area contributed by atoms with Gasteiger partial charge in [-0.25, -0.2) is 0 Å². The van der Waals surface area contributed by atoms with Crippen molar-refractivity contribution in [1.82, 2.24) is 0 Å². The van der Waals surface area contributed by atoms with Crippen molar-refractivity contribution in [2.24, 2.45) is 5.73 Å². The molecule has 0 amide bonds. The second-order valence-electron chi connectivity index (χ2n) is 3.01. The summed E-state index contributed by atoms with van der Waals surface area (Å²) < 4.78 is 37.0. The van der Waals surface area contributed by atoms with Gasteiger partial charge in [-0.1, -0.05) is 6.07 Å². The van der Waals surface area contributed by atoms with Crippen molar-refractivity contribution in [1.29, 1.82) is 5.41 Å². The summed E-state index contributed by atoms with van der Waals surface area (Å²) in [4.78, 5) is 0. The Bertz CT molecular complexity index is 410. The molecule has 0 aliphatic rings.